The molecule has 122 valence electrons. The lowest BCUT2D eigenvalue weighted by molar-refractivity contribution is -0.115. The van der Waals surface area contributed by atoms with E-state index in [1.807, 2.05) is 55.5 Å². The summed E-state index contributed by atoms with van der Waals surface area (Å²) in [5, 5.41) is 3.49. The number of aliphatic imine (C=N–C) groups is 1. The molecule has 1 aliphatic rings. The predicted octanol–water partition coefficient (Wildman–Crippen LogP) is 3.85. The molecule has 3 rings (SSSR count). The molecule has 1 heterocycles. The smallest absolute Gasteiger partial charge is 0.275 e. The first kappa shape index (κ1) is 16.3. The summed E-state index contributed by atoms with van der Waals surface area (Å²) in [6.07, 6.45) is 2.31. The van der Waals surface area contributed by atoms with Gasteiger partial charge in [-0.3, -0.25) is 4.79 Å². The van der Waals surface area contributed by atoms with Gasteiger partial charge in [-0.2, -0.15) is 0 Å². The quantitative estimate of drug-likeness (QED) is 0.840. The van der Waals surface area contributed by atoms with E-state index in [4.69, 9.17) is 16.3 Å². The molecule has 0 radical (unpaired) electrons. The average molecular weight is 341 g/mol. The molecule has 0 saturated heterocycles. The molecule has 5 heteroatoms. The summed E-state index contributed by atoms with van der Waals surface area (Å²) in [7, 11) is 0. The van der Waals surface area contributed by atoms with E-state index in [1.54, 1.807) is 6.08 Å². The lowest BCUT2D eigenvalue weighted by Crippen LogP contribution is -2.25. The van der Waals surface area contributed by atoms with Crippen molar-refractivity contribution < 1.29 is 9.53 Å². The van der Waals surface area contributed by atoms with Crippen molar-refractivity contribution in [1.82, 2.24) is 5.32 Å². The van der Waals surface area contributed by atoms with E-state index in [-0.39, 0.29) is 5.91 Å². The minimum absolute atomic E-state index is 0.194. The van der Waals surface area contributed by atoms with Gasteiger partial charge in [0.25, 0.3) is 5.91 Å². The maximum atomic E-state index is 12.1. The zero-order valence-corrected chi connectivity index (χ0v) is 14.0. The molecule has 0 saturated carbocycles. The van der Waals surface area contributed by atoms with E-state index in [1.165, 1.54) is 0 Å². The van der Waals surface area contributed by atoms with Crippen LogP contribution in [0.4, 0.5) is 0 Å². The van der Waals surface area contributed by atoms with Gasteiger partial charge in [0, 0.05) is 11.4 Å². The van der Waals surface area contributed by atoms with Gasteiger partial charge >= 0.3 is 0 Å². The highest BCUT2D eigenvalue weighted by Gasteiger charge is 2.20. The van der Waals surface area contributed by atoms with Crippen LogP contribution in [0.1, 0.15) is 18.1 Å². The Morgan fingerprint density at radius 1 is 1.21 bits per heavy atom. The zero-order chi connectivity index (χ0) is 16.9. The Morgan fingerprint density at radius 2 is 2.00 bits per heavy atom. The Morgan fingerprint density at radius 3 is 2.75 bits per heavy atom. The number of hydrogen-bond donors (Lipinski definition) is 1. The summed E-state index contributed by atoms with van der Waals surface area (Å²) < 4.78 is 5.47. The third-order valence-electron chi connectivity index (χ3n) is 3.50. The maximum Gasteiger partial charge on any atom is 0.275 e. The number of carbonyl (C=O) groups is 1. The zero-order valence-electron chi connectivity index (χ0n) is 13.3. The van der Waals surface area contributed by atoms with Crippen LogP contribution < -0.4 is 10.1 Å². The molecular weight excluding hydrogens is 324 g/mol. The number of ether oxygens (including phenoxy) is 1. The largest absolute Gasteiger partial charge is 0.494 e. The molecule has 0 atom stereocenters. The first-order valence-electron chi connectivity index (χ1n) is 7.72. The summed E-state index contributed by atoms with van der Waals surface area (Å²) in [5.41, 5.74) is 2.31. The molecule has 4 nitrogen and oxygen atoms in total. The number of amides is 1. The minimum atomic E-state index is -0.194. The SMILES string of the molecule is CCOc1cccc(/C=C2/N=C(Cc3ccc(Cl)cc3)NC2=O)c1. The third-order valence-corrected chi connectivity index (χ3v) is 3.76. The molecule has 0 bridgehead atoms. The van der Waals surface area contributed by atoms with Crippen molar-refractivity contribution in [3.63, 3.8) is 0 Å². The van der Waals surface area contributed by atoms with E-state index in [9.17, 15) is 4.79 Å². The summed E-state index contributed by atoms with van der Waals surface area (Å²) in [6, 6.07) is 15.1. The van der Waals surface area contributed by atoms with Gasteiger partial charge in [-0.25, -0.2) is 4.99 Å². The Kier molecular flexibility index (Phi) is 4.96. The number of carbonyl (C=O) groups excluding carboxylic acids is 1. The molecule has 1 amide bonds. The van der Waals surface area contributed by atoms with Crippen LogP contribution in [0.15, 0.2) is 59.2 Å². The predicted molar refractivity (Wildman–Crippen MR) is 96.3 cm³/mol. The van der Waals surface area contributed by atoms with E-state index in [0.717, 1.165) is 16.9 Å². The van der Waals surface area contributed by atoms with E-state index < -0.39 is 0 Å². The molecule has 0 spiro atoms. The number of nitrogens with one attached hydrogen (secondary N) is 1. The third kappa shape index (κ3) is 4.03. The summed E-state index contributed by atoms with van der Waals surface area (Å²) in [4.78, 5) is 16.5. The summed E-state index contributed by atoms with van der Waals surface area (Å²) >= 11 is 5.88. The molecule has 0 unspecified atom stereocenters. The van der Waals surface area contributed by atoms with Gasteiger partial charge in [0.1, 0.15) is 17.3 Å². The van der Waals surface area contributed by atoms with Crippen LogP contribution in [0.2, 0.25) is 5.02 Å². The second kappa shape index (κ2) is 7.32. The van der Waals surface area contributed by atoms with E-state index >= 15 is 0 Å². The van der Waals surface area contributed by atoms with E-state index in [2.05, 4.69) is 10.3 Å². The van der Waals surface area contributed by atoms with Crippen molar-refractivity contribution in [2.24, 2.45) is 4.99 Å². The first-order chi connectivity index (χ1) is 11.6. The van der Waals surface area contributed by atoms with Gasteiger partial charge in [-0.05, 0) is 48.4 Å². The standard InChI is InChI=1S/C19H17ClN2O2/c1-2-24-16-5-3-4-14(10-16)11-17-19(23)22-18(21-17)12-13-6-8-15(20)9-7-13/h3-11H,2,12H2,1H3,(H,21,22,23)/b17-11+. The Labute approximate surface area is 145 Å². The van der Waals surface area contributed by atoms with Crippen LogP contribution in [0, 0.1) is 0 Å². The lowest BCUT2D eigenvalue weighted by atomic mass is 10.1. The van der Waals surface area contributed by atoms with Crippen molar-refractivity contribution >= 4 is 29.4 Å². The van der Waals surface area contributed by atoms with Gasteiger partial charge in [-0.1, -0.05) is 35.9 Å². The van der Waals surface area contributed by atoms with Crippen LogP contribution >= 0.6 is 11.6 Å². The second-order valence-electron chi connectivity index (χ2n) is 5.35. The number of halogens is 1. The fourth-order valence-electron chi connectivity index (χ4n) is 2.42. The van der Waals surface area contributed by atoms with Gasteiger partial charge < -0.3 is 10.1 Å². The topological polar surface area (TPSA) is 50.7 Å². The monoisotopic (exact) mass is 340 g/mol. The average Bonchev–Trinajstić information content (AvgIpc) is 2.90. The highest BCUT2D eigenvalue weighted by molar-refractivity contribution is 6.30. The molecule has 0 fully saturated rings. The number of hydrogen-bond acceptors (Lipinski definition) is 3. The number of amidine groups is 1. The summed E-state index contributed by atoms with van der Waals surface area (Å²) in [6.45, 7) is 2.53. The maximum absolute atomic E-state index is 12.1. The lowest BCUT2D eigenvalue weighted by Gasteiger charge is -2.03. The fourth-order valence-corrected chi connectivity index (χ4v) is 2.54. The van der Waals surface area contributed by atoms with Gasteiger partial charge in [0.05, 0.1) is 6.61 Å². The molecular formula is C19H17ClN2O2. The highest BCUT2D eigenvalue weighted by atomic mass is 35.5. The van der Waals surface area contributed by atoms with Crippen LogP contribution in [0.5, 0.6) is 5.75 Å². The molecule has 0 aromatic heterocycles. The number of rotatable bonds is 5. The molecule has 2 aromatic rings. The van der Waals surface area contributed by atoms with Gasteiger partial charge in [-0.15, -0.1) is 0 Å². The molecule has 24 heavy (non-hydrogen) atoms. The van der Waals surface area contributed by atoms with Gasteiger partial charge in [0.15, 0.2) is 0 Å². The normalized spacial score (nSPS) is 15.3. The van der Waals surface area contributed by atoms with Crippen LogP contribution in [-0.4, -0.2) is 18.3 Å². The molecule has 0 aliphatic carbocycles. The Hall–Kier alpha value is -2.59. The van der Waals surface area contributed by atoms with Gasteiger partial charge in [0.2, 0.25) is 0 Å². The first-order valence-corrected chi connectivity index (χ1v) is 8.10. The van der Waals surface area contributed by atoms with Crippen molar-refractivity contribution in [2.45, 2.75) is 13.3 Å². The second-order valence-corrected chi connectivity index (χ2v) is 5.79. The van der Waals surface area contributed by atoms with Crippen molar-refractivity contribution in [3.05, 3.63) is 70.4 Å². The van der Waals surface area contributed by atoms with Crippen molar-refractivity contribution in [3.8, 4) is 5.75 Å². The molecule has 1 N–H and O–H groups in total. The van der Waals surface area contributed by atoms with Crippen LogP contribution in [-0.2, 0) is 11.2 Å². The number of nitrogens with zero attached hydrogens (tertiary/aromatic N) is 1. The Balaban J connectivity index is 1.78. The van der Waals surface area contributed by atoms with Crippen molar-refractivity contribution in [2.75, 3.05) is 6.61 Å². The van der Waals surface area contributed by atoms with Crippen LogP contribution in [0.25, 0.3) is 6.08 Å². The molecule has 1 aliphatic heterocycles. The van der Waals surface area contributed by atoms with Crippen molar-refractivity contribution in [1.29, 1.82) is 0 Å². The highest BCUT2D eigenvalue weighted by Crippen LogP contribution is 2.18. The fraction of sp³-hybridized carbons (Fsp3) is 0.158. The summed E-state index contributed by atoms with van der Waals surface area (Å²) in [5.74, 6) is 1.21. The number of benzene rings is 2. The molecule has 2 aromatic carbocycles. The minimum Gasteiger partial charge on any atom is -0.494 e. The van der Waals surface area contributed by atoms with Crippen LogP contribution in [0.3, 0.4) is 0 Å². The van der Waals surface area contributed by atoms with E-state index in [0.29, 0.717) is 29.6 Å². The Bertz CT molecular complexity index is 810.